The predicted molar refractivity (Wildman–Crippen MR) is 71.3 cm³/mol. The van der Waals surface area contributed by atoms with Gasteiger partial charge in [-0.05, 0) is 29.9 Å². The summed E-state index contributed by atoms with van der Waals surface area (Å²) in [4.78, 5) is 11.5. The Morgan fingerprint density at radius 3 is 2.44 bits per heavy atom. The molecule has 0 fully saturated rings. The van der Waals surface area contributed by atoms with Crippen molar-refractivity contribution in [2.24, 2.45) is 11.8 Å². The number of ether oxygens (including phenoxy) is 1. The van der Waals surface area contributed by atoms with E-state index in [0.717, 1.165) is 12.0 Å². The molecule has 1 rings (SSSR count). The fraction of sp³-hybridized carbons (Fsp3) is 0.533. The molecule has 0 saturated carbocycles. The number of carbonyl (C=O) groups is 1. The van der Waals surface area contributed by atoms with E-state index in [1.54, 1.807) is 0 Å². The number of carbonyl (C=O) groups excluding carboxylic acids is 1. The number of aliphatic hydroxyl groups excluding tert-OH is 1. The van der Waals surface area contributed by atoms with Gasteiger partial charge in [0.15, 0.2) is 0 Å². The van der Waals surface area contributed by atoms with Crippen LogP contribution < -0.4 is 0 Å². The van der Waals surface area contributed by atoms with Crippen LogP contribution >= 0.6 is 0 Å². The molecule has 100 valence electrons. The highest BCUT2D eigenvalue weighted by Crippen LogP contribution is 2.21. The van der Waals surface area contributed by atoms with E-state index in [1.807, 2.05) is 25.1 Å². The second-order valence-electron chi connectivity index (χ2n) is 4.74. The van der Waals surface area contributed by atoms with Gasteiger partial charge in [-0.15, -0.1) is 0 Å². The lowest BCUT2D eigenvalue weighted by Crippen LogP contribution is -2.22. The lowest BCUT2D eigenvalue weighted by atomic mass is 9.87. The van der Waals surface area contributed by atoms with Crippen molar-refractivity contribution in [3.05, 3.63) is 35.4 Å². The highest BCUT2D eigenvalue weighted by Gasteiger charge is 2.21. The normalized spacial score (nSPS) is 14.0. The summed E-state index contributed by atoms with van der Waals surface area (Å²) in [5.74, 6) is -0.0587. The first-order chi connectivity index (χ1) is 8.60. The molecule has 1 aromatic carbocycles. The summed E-state index contributed by atoms with van der Waals surface area (Å²) in [6, 6.07) is 8.06. The van der Waals surface area contributed by atoms with Crippen molar-refractivity contribution in [3.8, 4) is 0 Å². The lowest BCUT2D eigenvalue weighted by Gasteiger charge is -2.19. The Labute approximate surface area is 109 Å². The van der Waals surface area contributed by atoms with Gasteiger partial charge in [-0.2, -0.15) is 0 Å². The number of rotatable bonds is 6. The van der Waals surface area contributed by atoms with Crippen LogP contribution in [0.3, 0.4) is 0 Å². The highest BCUT2D eigenvalue weighted by molar-refractivity contribution is 5.72. The first-order valence-electron chi connectivity index (χ1n) is 6.35. The molecule has 0 heterocycles. The molecular formula is C15H22O3. The Hall–Kier alpha value is -1.35. The van der Waals surface area contributed by atoms with Crippen molar-refractivity contribution >= 4 is 5.97 Å². The van der Waals surface area contributed by atoms with Gasteiger partial charge in [0, 0.05) is 6.61 Å². The first kappa shape index (κ1) is 14.7. The zero-order valence-corrected chi connectivity index (χ0v) is 11.3. The molecule has 1 N–H and O–H groups in total. The molecule has 2 atom stereocenters. The Bertz CT molecular complexity index is 387. The number of hydrogen-bond donors (Lipinski definition) is 1. The maximum absolute atomic E-state index is 11.5. The van der Waals surface area contributed by atoms with Gasteiger partial charge in [0.25, 0.3) is 0 Å². The Kier molecular flexibility index (Phi) is 5.86. The summed E-state index contributed by atoms with van der Waals surface area (Å²) < 4.78 is 4.77. The summed E-state index contributed by atoms with van der Waals surface area (Å²) >= 11 is 0. The van der Waals surface area contributed by atoms with Crippen LogP contribution in [0.2, 0.25) is 0 Å². The fourth-order valence-corrected chi connectivity index (χ4v) is 2.06. The van der Waals surface area contributed by atoms with Crippen LogP contribution in [0.5, 0.6) is 0 Å². The third kappa shape index (κ3) is 3.84. The van der Waals surface area contributed by atoms with E-state index in [4.69, 9.17) is 9.84 Å². The molecule has 0 spiro atoms. The average Bonchev–Trinajstić information content (AvgIpc) is 2.39. The molecule has 0 bridgehead atoms. The molecule has 0 amide bonds. The van der Waals surface area contributed by atoms with E-state index in [9.17, 15) is 4.79 Å². The summed E-state index contributed by atoms with van der Waals surface area (Å²) in [5.41, 5.74) is 2.36. The summed E-state index contributed by atoms with van der Waals surface area (Å²) in [6.07, 6.45) is 1.49. The highest BCUT2D eigenvalue weighted by atomic mass is 16.5. The first-order valence-corrected chi connectivity index (χ1v) is 6.35. The molecule has 0 aliphatic heterocycles. The van der Waals surface area contributed by atoms with E-state index < -0.39 is 0 Å². The van der Waals surface area contributed by atoms with E-state index in [1.165, 1.54) is 12.7 Å². The minimum atomic E-state index is -0.165. The monoisotopic (exact) mass is 250 g/mol. The van der Waals surface area contributed by atoms with Gasteiger partial charge in [-0.3, -0.25) is 4.79 Å². The fourth-order valence-electron chi connectivity index (χ4n) is 2.06. The zero-order chi connectivity index (χ0) is 13.5. The van der Waals surface area contributed by atoms with Gasteiger partial charge < -0.3 is 9.84 Å². The van der Waals surface area contributed by atoms with Gasteiger partial charge in [0.05, 0.1) is 13.0 Å². The smallest absolute Gasteiger partial charge is 0.308 e. The van der Waals surface area contributed by atoms with E-state index >= 15 is 0 Å². The van der Waals surface area contributed by atoms with Crippen LogP contribution in [0.1, 0.15) is 25.0 Å². The van der Waals surface area contributed by atoms with Crippen molar-refractivity contribution in [1.82, 2.24) is 0 Å². The minimum absolute atomic E-state index is 0.114. The third-order valence-electron chi connectivity index (χ3n) is 3.47. The second kappa shape index (κ2) is 7.17. The molecule has 0 saturated heterocycles. The largest absolute Gasteiger partial charge is 0.469 e. The number of benzene rings is 1. The number of hydrogen-bond acceptors (Lipinski definition) is 3. The van der Waals surface area contributed by atoms with Gasteiger partial charge >= 0.3 is 5.97 Å². The molecule has 3 heteroatoms. The SMILES string of the molecule is COC(=O)C(C)C(C)Cc1ccccc1CCO. The molecule has 2 unspecified atom stereocenters. The van der Waals surface area contributed by atoms with Gasteiger partial charge in [-0.25, -0.2) is 0 Å². The molecular weight excluding hydrogens is 228 g/mol. The Balaban J connectivity index is 2.74. The minimum Gasteiger partial charge on any atom is -0.469 e. The van der Waals surface area contributed by atoms with E-state index in [-0.39, 0.29) is 24.4 Å². The van der Waals surface area contributed by atoms with E-state index in [0.29, 0.717) is 6.42 Å². The van der Waals surface area contributed by atoms with Crippen molar-refractivity contribution in [1.29, 1.82) is 0 Å². The topological polar surface area (TPSA) is 46.5 Å². The predicted octanol–water partition coefficient (Wildman–Crippen LogP) is 2.21. The Morgan fingerprint density at radius 2 is 1.89 bits per heavy atom. The maximum Gasteiger partial charge on any atom is 0.308 e. The van der Waals surface area contributed by atoms with Crippen LogP contribution in [0.25, 0.3) is 0 Å². The molecule has 0 radical (unpaired) electrons. The molecule has 1 aromatic rings. The summed E-state index contributed by atoms with van der Waals surface area (Å²) in [6.45, 7) is 4.10. The van der Waals surface area contributed by atoms with Gasteiger partial charge in [0.1, 0.15) is 0 Å². The molecule has 0 aromatic heterocycles. The van der Waals surface area contributed by atoms with Crippen LogP contribution in [-0.4, -0.2) is 24.8 Å². The summed E-state index contributed by atoms with van der Waals surface area (Å²) in [7, 11) is 1.42. The number of methoxy groups -OCH3 is 1. The standard InChI is InChI=1S/C15H22O3/c1-11(12(2)15(17)18-3)10-14-7-5-4-6-13(14)8-9-16/h4-7,11-12,16H,8-10H2,1-3H3. The maximum atomic E-state index is 11.5. The van der Waals surface area contributed by atoms with Crippen LogP contribution in [0, 0.1) is 11.8 Å². The van der Waals surface area contributed by atoms with Crippen LogP contribution in [-0.2, 0) is 22.4 Å². The van der Waals surface area contributed by atoms with E-state index in [2.05, 4.69) is 13.0 Å². The zero-order valence-electron chi connectivity index (χ0n) is 11.3. The molecule has 0 aliphatic rings. The van der Waals surface area contributed by atoms with Gasteiger partial charge in [0.2, 0.25) is 0 Å². The quantitative estimate of drug-likeness (QED) is 0.787. The Morgan fingerprint density at radius 1 is 1.28 bits per heavy atom. The van der Waals surface area contributed by atoms with Crippen LogP contribution in [0.4, 0.5) is 0 Å². The average molecular weight is 250 g/mol. The van der Waals surface area contributed by atoms with Gasteiger partial charge in [-0.1, -0.05) is 38.1 Å². The second-order valence-corrected chi connectivity index (χ2v) is 4.74. The lowest BCUT2D eigenvalue weighted by molar-refractivity contribution is -0.146. The molecule has 0 aliphatic carbocycles. The van der Waals surface area contributed by atoms with Crippen molar-refractivity contribution in [2.45, 2.75) is 26.7 Å². The molecule has 18 heavy (non-hydrogen) atoms. The van der Waals surface area contributed by atoms with Crippen molar-refractivity contribution in [2.75, 3.05) is 13.7 Å². The third-order valence-corrected chi connectivity index (χ3v) is 3.47. The van der Waals surface area contributed by atoms with Crippen LogP contribution in [0.15, 0.2) is 24.3 Å². The van der Waals surface area contributed by atoms with Crippen molar-refractivity contribution in [3.63, 3.8) is 0 Å². The number of aliphatic hydroxyl groups is 1. The summed E-state index contributed by atoms with van der Waals surface area (Å²) in [5, 5.41) is 9.04. The number of esters is 1. The van der Waals surface area contributed by atoms with Crippen molar-refractivity contribution < 1.29 is 14.6 Å². The molecule has 3 nitrogen and oxygen atoms in total.